The molecule has 0 amide bonds. The summed E-state index contributed by atoms with van der Waals surface area (Å²) in [5.41, 5.74) is 2.73. The third kappa shape index (κ3) is 4.24. The van der Waals surface area contributed by atoms with E-state index < -0.39 is 0 Å². The zero-order chi connectivity index (χ0) is 20.2. The molecule has 1 unspecified atom stereocenters. The van der Waals surface area contributed by atoms with Crippen LogP contribution in [0.25, 0.3) is 0 Å². The topological polar surface area (TPSA) is 58.1 Å². The number of hydrogen-bond acceptors (Lipinski definition) is 3. The van der Waals surface area contributed by atoms with E-state index in [2.05, 4.69) is 28.1 Å². The second-order valence-corrected chi connectivity index (χ2v) is 8.42. The summed E-state index contributed by atoms with van der Waals surface area (Å²) < 4.78 is 1.23. The third-order valence-corrected chi connectivity index (χ3v) is 6.37. The molecule has 1 N–H and O–H groups in total. The van der Waals surface area contributed by atoms with Crippen molar-refractivity contribution in [3.05, 3.63) is 74.1 Å². The molecule has 0 radical (unpaired) electrons. The molecule has 1 aromatic heterocycles. The number of H-pyrrole nitrogens is 1. The number of nitrogens with one attached hydrogen (secondary N) is 1. The standard InChI is InChI=1S/C24H31N3O2/c1-26-23(28)21-19-14-10-5-3-2-4-6-11-15-20(16-19)27(22(21)25-24(26)29)17-18-12-8-7-9-13-18/h7-9,12-13,15,19H,2-6,10-11,14,16-17H2,1H3,(H,25,29)/b20-15+. The largest absolute Gasteiger partial charge is 0.329 e. The first-order valence-corrected chi connectivity index (χ1v) is 11.0. The Morgan fingerprint density at radius 3 is 2.52 bits per heavy atom. The SMILES string of the molecule is Cn1c(=O)[nH]c2c(c1=O)C1CCCCCCCC/C=C(\C1)N2Cc1ccccc1. The van der Waals surface area contributed by atoms with Crippen molar-refractivity contribution in [2.75, 3.05) is 4.90 Å². The van der Waals surface area contributed by atoms with Gasteiger partial charge in [0.25, 0.3) is 5.56 Å². The van der Waals surface area contributed by atoms with E-state index in [0.717, 1.165) is 31.2 Å². The van der Waals surface area contributed by atoms with Gasteiger partial charge >= 0.3 is 5.69 Å². The van der Waals surface area contributed by atoms with Crippen LogP contribution in [-0.4, -0.2) is 9.55 Å². The summed E-state index contributed by atoms with van der Waals surface area (Å²) in [6.45, 7) is 0.662. The van der Waals surface area contributed by atoms with Crippen LogP contribution in [0.5, 0.6) is 0 Å². The molecule has 1 aliphatic carbocycles. The van der Waals surface area contributed by atoms with Crippen LogP contribution in [0, 0.1) is 0 Å². The van der Waals surface area contributed by atoms with Crippen molar-refractivity contribution in [1.82, 2.24) is 9.55 Å². The molecule has 29 heavy (non-hydrogen) atoms. The van der Waals surface area contributed by atoms with Gasteiger partial charge in [-0.15, -0.1) is 0 Å². The highest BCUT2D eigenvalue weighted by atomic mass is 16.2. The molecule has 0 saturated carbocycles. The number of nitrogens with zero attached hydrogens (tertiary/aromatic N) is 2. The highest BCUT2D eigenvalue weighted by Crippen LogP contribution is 2.40. The number of fused-ring (bicyclic) bond motifs is 4. The molecule has 0 fully saturated rings. The predicted molar refractivity (Wildman–Crippen MR) is 117 cm³/mol. The van der Waals surface area contributed by atoms with E-state index in [4.69, 9.17) is 0 Å². The highest BCUT2D eigenvalue weighted by molar-refractivity contribution is 5.57. The zero-order valence-corrected chi connectivity index (χ0v) is 17.3. The van der Waals surface area contributed by atoms with Crippen LogP contribution < -0.4 is 16.1 Å². The molecule has 0 saturated heterocycles. The zero-order valence-electron chi connectivity index (χ0n) is 17.3. The molecule has 5 heteroatoms. The van der Waals surface area contributed by atoms with Gasteiger partial charge in [0.2, 0.25) is 0 Å². The smallest absolute Gasteiger partial charge is 0.327 e. The van der Waals surface area contributed by atoms with Crippen LogP contribution in [-0.2, 0) is 13.6 Å². The second kappa shape index (κ2) is 8.85. The predicted octanol–water partition coefficient (Wildman–Crippen LogP) is 4.59. The van der Waals surface area contributed by atoms with E-state index in [1.165, 1.54) is 47.9 Å². The Balaban J connectivity index is 1.82. The maximum absolute atomic E-state index is 13.1. The van der Waals surface area contributed by atoms with Gasteiger partial charge in [0, 0.05) is 19.3 Å². The van der Waals surface area contributed by atoms with E-state index in [1.54, 1.807) is 7.05 Å². The molecule has 154 valence electrons. The minimum absolute atomic E-state index is 0.141. The third-order valence-electron chi connectivity index (χ3n) is 6.37. The lowest BCUT2D eigenvalue weighted by Crippen LogP contribution is -2.42. The van der Waals surface area contributed by atoms with Gasteiger partial charge in [0.15, 0.2) is 0 Å². The number of aromatic amines is 1. The van der Waals surface area contributed by atoms with Crippen molar-refractivity contribution >= 4 is 5.82 Å². The lowest BCUT2D eigenvalue weighted by atomic mass is 9.85. The molecule has 5 nitrogen and oxygen atoms in total. The normalized spacial score (nSPS) is 22.0. The Labute approximate surface area is 172 Å². The van der Waals surface area contributed by atoms with E-state index >= 15 is 0 Å². The molecule has 2 bridgehead atoms. The van der Waals surface area contributed by atoms with Gasteiger partial charge in [-0.25, -0.2) is 4.79 Å². The number of allylic oxidation sites excluding steroid dienone is 2. The Bertz CT molecular complexity index is 987. The van der Waals surface area contributed by atoms with Crippen LogP contribution in [0.3, 0.4) is 0 Å². The average Bonchev–Trinajstić information content (AvgIpc) is 2.72. The quantitative estimate of drug-likeness (QED) is 0.812. The van der Waals surface area contributed by atoms with Crippen molar-refractivity contribution in [3.63, 3.8) is 0 Å². The minimum Gasteiger partial charge on any atom is -0.327 e. The number of aromatic nitrogens is 2. The highest BCUT2D eigenvalue weighted by Gasteiger charge is 2.32. The summed E-state index contributed by atoms with van der Waals surface area (Å²) in [6.07, 6.45) is 12.7. The monoisotopic (exact) mass is 393 g/mol. The summed E-state index contributed by atoms with van der Waals surface area (Å²) in [5.74, 6) is 0.889. The van der Waals surface area contributed by atoms with Crippen molar-refractivity contribution in [3.8, 4) is 0 Å². The Morgan fingerprint density at radius 2 is 1.72 bits per heavy atom. The second-order valence-electron chi connectivity index (χ2n) is 8.42. The lowest BCUT2D eigenvalue weighted by molar-refractivity contribution is 0.501. The summed E-state index contributed by atoms with van der Waals surface area (Å²) in [5, 5.41) is 0. The minimum atomic E-state index is -0.340. The Morgan fingerprint density at radius 1 is 1.00 bits per heavy atom. The molecular formula is C24H31N3O2. The van der Waals surface area contributed by atoms with Gasteiger partial charge in [-0.05, 0) is 37.2 Å². The van der Waals surface area contributed by atoms with Crippen LogP contribution in [0.15, 0.2) is 51.7 Å². The van der Waals surface area contributed by atoms with Gasteiger partial charge in [0.05, 0.1) is 5.56 Å². The van der Waals surface area contributed by atoms with Crippen LogP contribution in [0.2, 0.25) is 0 Å². The molecule has 2 aliphatic rings. The van der Waals surface area contributed by atoms with Crippen molar-refractivity contribution in [2.45, 2.75) is 70.3 Å². The molecule has 1 aromatic carbocycles. The summed E-state index contributed by atoms with van der Waals surface area (Å²) >= 11 is 0. The molecule has 1 aliphatic heterocycles. The summed E-state index contributed by atoms with van der Waals surface area (Å²) in [7, 11) is 1.57. The molecule has 1 atom stereocenters. The van der Waals surface area contributed by atoms with Crippen LogP contribution >= 0.6 is 0 Å². The van der Waals surface area contributed by atoms with E-state index in [9.17, 15) is 9.59 Å². The van der Waals surface area contributed by atoms with E-state index in [0.29, 0.717) is 12.4 Å². The molecule has 4 rings (SSSR count). The number of anilines is 1. The maximum atomic E-state index is 13.1. The number of hydrogen-bond donors (Lipinski definition) is 1. The van der Waals surface area contributed by atoms with Crippen molar-refractivity contribution in [1.29, 1.82) is 0 Å². The fraction of sp³-hybridized carbons (Fsp3) is 0.500. The van der Waals surface area contributed by atoms with E-state index in [-0.39, 0.29) is 17.2 Å². The van der Waals surface area contributed by atoms with E-state index in [1.807, 2.05) is 18.2 Å². The number of rotatable bonds is 2. The molecule has 0 spiro atoms. The molecule has 2 aromatic rings. The average molecular weight is 394 g/mol. The van der Waals surface area contributed by atoms with Crippen LogP contribution in [0.1, 0.15) is 74.8 Å². The number of benzene rings is 1. The fourth-order valence-corrected chi connectivity index (χ4v) is 4.71. The fourth-order valence-electron chi connectivity index (χ4n) is 4.71. The van der Waals surface area contributed by atoms with Gasteiger partial charge in [-0.1, -0.05) is 68.5 Å². The Kier molecular flexibility index (Phi) is 6.02. The maximum Gasteiger partial charge on any atom is 0.329 e. The van der Waals surface area contributed by atoms with Gasteiger partial charge < -0.3 is 4.90 Å². The van der Waals surface area contributed by atoms with Crippen molar-refractivity contribution in [2.24, 2.45) is 7.05 Å². The van der Waals surface area contributed by atoms with Gasteiger partial charge in [-0.2, -0.15) is 0 Å². The summed E-state index contributed by atoms with van der Waals surface area (Å²) in [4.78, 5) is 30.8. The Hall–Kier alpha value is -2.56. The molecular weight excluding hydrogens is 362 g/mol. The first kappa shape index (κ1) is 19.7. The first-order chi connectivity index (χ1) is 14.1. The molecule has 2 heterocycles. The van der Waals surface area contributed by atoms with Crippen molar-refractivity contribution < 1.29 is 0 Å². The lowest BCUT2D eigenvalue weighted by Gasteiger charge is -2.37. The van der Waals surface area contributed by atoms with Gasteiger partial charge in [0.1, 0.15) is 5.82 Å². The van der Waals surface area contributed by atoms with Crippen LogP contribution in [0.4, 0.5) is 5.82 Å². The van der Waals surface area contributed by atoms with Gasteiger partial charge in [-0.3, -0.25) is 14.3 Å². The summed E-state index contributed by atoms with van der Waals surface area (Å²) in [6, 6.07) is 10.3. The first-order valence-electron chi connectivity index (χ1n) is 11.0.